The molecule has 0 bridgehead atoms. The Labute approximate surface area is 207 Å². The zero-order chi connectivity index (χ0) is 26.2. The minimum atomic E-state index is -1.35. The third-order valence-corrected chi connectivity index (χ3v) is 5.56. The number of rotatable bonds is 8. The van der Waals surface area contributed by atoms with Crippen molar-refractivity contribution < 1.29 is 28.7 Å². The molecule has 36 heavy (non-hydrogen) atoms. The Bertz CT molecular complexity index is 1140. The van der Waals surface area contributed by atoms with Crippen molar-refractivity contribution in [2.75, 3.05) is 25.0 Å². The van der Waals surface area contributed by atoms with E-state index in [4.69, 9.17) is 0 Å². The number of carbonyl (C=O) groups is 4. The molecule has 2 aromatic carbocycles. The molecule has 3 rings (SSSR count). The van der Waals surface area contributed by atoms with E-state index in [1.165, 1.54) is 28.0 Å². The summed E-state index contributed by atoms with van der Waals surface area (Å²) in [5.74, 6) is -2.46. The van der Waals surface area contributed by atoms with E-state index in [1.807, 2.05) is 13.0 Å². The van der Waals surface area contributed by atoms with Crippen LogP contribution in [-0.4, -0.2) is 64.6 Å². The number of urea groups is 2. The first-order valence-electron chi connectivity index (χ1n) is 11.3. The fourth-order valence-corrected chi connectivity index (χ4v) is 3.88. The van der Waals surface area contributed by atoms with Crippen LogP contribution in [-0.2, 0) is 9.59 Å². The first-order chi connectivity index (χ1) is 17.2. The van der Waals surface area contributed by atoms with Gasteiger partial charge in [0.1, 0.15) is 5.82 Å². The molecule has 1 heterocycles. The van der Waals surface area contributed by atoms with Crippen LogP contribution in [0, 0.1) is 12.7 Å². The Morgan fingerprint density at radius 1 is 1.11 bits per heavy atom. The minimum Gasteiger partial charge on any atom is -0.481 e. The van der Waals surface area contributed by atoms with E-state index in [1.54, 1.807) is 18.2 Å². The van der Waals surface area contributed by atoms with Crippen molar-refractivity contribution in [1.82, 2.24) is 20.4 Å². The van der Waals surface area contributed by atoms with Crippen LogP contribution in [0.1, 0.15) is 23.6 Å². The van der Waals surface area contributed by atoms with Gasteiger partial charge in [-0.1, -0.05) is 30.3 Å². The monoisotopic (exact) mass is 497 g/mol. The summed E-state index contributed by atoms with van der Waals surface area (Å²) in [7, 11) is 0. The fourth-order valence-electron chi connectivity index (χ4n) is 3.88. The van der Waals surface area contributed by atoms with Crippen LogP contribution in [0.15, 0.2) is 61.2 Å². The number of carbonyl (C=O) groups excluding carboxylic acids is 3. The molecule has 0 aliphatic carbocycles. The largest absolute Gasteiger partial charge is 0.481 e. The summed E-state index contributed by atoms with van der Waals surface area (Å²) in [5, 5.41) is 17.3. The topological polar surface area (TPSA) is 131 Å². The predicted octanol–water partition coefficient (Wildman–Crippen LogP) is 2.84. The molecule has 2 unspecified atom stereocenters. The molecule has 2 atom stereocenters. The van der Waals surface area contributed by atoms with Crippen LogP contribution < -0.4 is 16.0 Å². The number of carboxylic acid groups (broad SMARTS) is 1. The number of nitrogens with one attached hydrogen (secondary N) is 3. The van der Waals surface area contributed by atoms with Gasteiger partial charge in [-0.2, -0.15) is 0 Å². The SMILES string of the molecule is C=CCNC(=O)N1CCN(C(=O)Nc2cccc(C)c2)C1C(=O)NC(CC(=O)O)c1ccc(F)cc1. The lowest BCUT2D eigenvalue weighted by Crippen LogP contribution is -2.56. The highest BCUT2D eigenvalue weighted by molar-refractivity contribution is 5.96. The van der Waals surface area contributed by atoms with Crippen molar-refractivity contribution >= 4 is 29.6 Å². The summed E-state index contributed by atoms with van der Waals surface area (Å²) in [4.78, 5) is 53.2. The third kappa shape index (κ3) is 6.59. The van der Waals surface area contributed by atoms with Gasteiger partial charge < -0.3 is 21.1 Å². The lowest BCUT2D eigenvalue weighted by molar-refractivity contribution is -0.138. The predicted molar refractivity (Wildman–Crippen MR) is 131 cm³/mol. The second kappa shape index (κ2) is 11.8. The Kier molecular flexibility index (Phi) is 8.61. The number of nitrogens with zero attached hydrogens (tertiary/aromatic N) is 2. The molecule has 1 aliphatic heterocycles. The normalized spacial score (nSPS) is 15.7. The summed E-state index contributed by atoms with van der Waals surface area (Å²) in [6.07, 6.45) is -0.360. The van der Waals surface area contributed by atoms with Gasteiger partial charge in [0.25, 0.3) is 5.91 Å². The molecule has 0 radical (unpaired) electrons. The number of aryl methyl sites for hydroxylation is 1. The number of anilines is 1. The number of amides is 5. The molecule has 190 valence electrons. The van der Waals surface area contributed by atoms with E-state index in [-0.39, 0.29) is 19.6 Å². The van der Waals surface area contributed by atoms with Gasteiger partial charge in [0.2, 0.25) is 0 Å². The van der Waals surface area contributed by atoms with Gasteiger partial charge in [0.05, 0.1) is 12.5 Å². The molecule has 4 N–H and O–H groups in total. The van der Waals surface area contributed by atoms with E-state index in [2.05, 4.69) is 22.5 Å². The molecular formula is C25H28FN5O5. The summed E-state index contributed by atoms with van der Waals surface area (Å²) in [5.41, 5.74) is 1.80. The second-order valence-electron chi connectivity index (χ2n) is 8.25. The Morgan fingerprint density at radius 3 is 2.39 bits per heavy atom. The van der Waals surface area contributed by atoms with E-state index in [0.29, 0.717) is 11.3 Å². The zero-order valence-corrected chi connectivity index (χ0v) is 19.7. The van der Waals surface area contributed by atoms with Crippen LogP contribution in [0.25, 0.3) is 0 Å². The molecular weight excluding hydrogens is 469 g/mol. The highest BCUT2D eigenvalue weighted by Crippen LogP contribution is 2.22. The minimum absolute atomic E-state index is 0.0669. The molecule has 1 saturated heterocycles. The molecule has 0 saturated carbocycles. The van der Waals surface area contributed by atoms with Crippen molar-refractivity contribution in [2.24, 2.45) is 0 Å². The molecule has 2 aromatic rings. The lowest BCUT2D eigenvalue weighted by Gasteiger charge is -2.30. The standard InChI is InChI=1S/C25H28FN5O5/c1-3-11-27-24(35)30-12-13-31(25(36)28-19-6-4-5-16(2)14-19)23(30)22(34)29-20(15-21(32)33)17-7-9-18(26)10-8-17/h3-10,14,20,23H,1,11-13,15H2,2H3,(H,27,35)(H,28,36)(H,29,34)(H,32,33). The van der Waals surface area contributed by atoms with Crippen molar-refractivity contribution in [3.63, 3.8) is 0 Å². The first kappa shape index (κ1) is 26.2. The number of hydrogen-bond acceptors (Lipinski definition) is 4. The molecule has 10 nitrogen and oxygen atoms in total. The second-order valence-corrected chi connectivity index (χ2v) is 8.25. The van der Waals surface area contributed by atoms with Gasteiger partial charge in [-0.25, -0.2) is 14.0 Å². The third-order valence-electron chi connectivity index (χ3n) is 5.56. The summed E-state index contributed by atoms with van der Waals surface area (Å²) in [6, 6.07) is 9.94. The van der Waals surface area contributed by atoms with E-state index < -0.39 is 48.4 Å². The Morgan fingerprint density at radius 2 is 1.78 bits per heavy atom. The quantitative estimate of drug-likeness (QED) is 0.417. The number of carboxylic acids is 1. The Hall–Kier alpha value is -4.41. The van der Waals surface area contributed by atoms with Gasteiger partial charge >= 0.3 is 18.0 Å². The Balaban J connectivity index is 1.87. The summed E-state index contributed by atoms with van der Waals surface area (Å²) in [6.45, 7) is 5.70. The van der Waals surface area contributed by atoms with Crippen molar-refractivity contribution in [1.29, 1.82) is 0 Å². The fraction of sp³-hybridized carbons (Fsp3) is 0.280. The van der Waals surface area contributed by atoms with Crippen LogP contribution in [0.4, 0.5) is 19.7 Å². The summed E-state index contributed by atoms with van der Waals surface area (Å²) < 4.78 is 13.4. The van der Waals surface area contributed by atoms with E-state index in [0.717, 1.165) is 17.7 Å². The average Bonchev–Trinajstić information content (AvgIpc) is 3.28. The van der Waals surface area contributed by atoms with Gasteiger partial charge in [0.15, 0.2) is 6.17 Å². The highest BCUT2D eigenvalue weighted by atomic mass is 19.1. The van der Waals surface area contributed by atoms with E-state index >= 15 is 0 Å². The maximum atomic E-state index is 13.4. The van der Waals surface area contributed by atoms with Crippen LogP contribution in [0.5, 0.6) is 0 Å². The summed E-state index contributed by atoms with van der Waals surface area (Å²) >= 11 is 0. The maximum absolute atomic E-state index is 13.4. The average molecular weight is 498 g/mol. The van der Waals surface area contributed by atoms with Gasteiger partial charge in [0, 0.05) is 25.3 Å². The molecule has 0 spiro atoms. The maximum Gasteiger partial charge on any atom is 0.323 e. The van der Waals surface area contributed by atoms with Crippen molar-refractivity contribution in [3.05, 3.63) is 78.1 Å². The number of benzene rings is 2. The number of hydrogen-bond donors (Lipinski definition) is 4. The zero-order valence-electron chi connectivity index (χ0n) is 19.7. The molecule has 1 fully saturated rings. The van der Waals surface area contributed by atoms with Crippen molar-refractivity contribution in [2.45, 2.75) is 25.6 Å². The van der Waals surface area contributed by atoms with Gasteiger partial charge in [-0.3, -0.25) is 19.4 Å². The van der Waals surface area contributed by atoms with Gasteiger partial charge in [-0.15, -0.1) is 6.58 Å². The van der Waals surface area contributed by atoms with Crippen LogP contribution in [0.2, 0.25) is 0 Å². The molecule has 5 amide bonds. The van der Waals surface area contributed by atoms with Crippen LogP contribution in [0.3, 0.4) is 0 Å². The van der Waals surface area contributed by atoms with Crippen molar-refractivity contribution in [3.8, 4) is 0 Å². The number of aliphatic carboxylic acids is 1. The number of halogens is 1. The highest BCUT2D eigenvalue weighted by Gasteiger charge is 2.43. The molecule has 0 aromatic heterocycles. The smallest absolute Gasteiger partial charge is 0.323 e. The molecule has 1 aliphatic rings. The lowest BCUT2D eigenvalue weighted by atomic mass is 10.0. The van der Waals surface area contributed by atoms with Gasteiger partial charge in [-0.05, 0) is 42.3 Å². The molecule has 11 heteroatoms. The van der Waals surface area contributed by atoms with Crippen LogP contribution >= 0.6 is 0 Å². The first-order valence-corrected chi connectivity index (χ1v) is 11.3. The van der Waals surface area contributed by atoms with E-state index in [9.17, 15) is 28.7 Å².